The first-order valence-electron chi connectivity index (χ1n) is 3.33. The van der Waals surface area contributed by atoms with Gasteiger partial charge in [-0.15, -0.1) is 0 Å². The Labute approximate surface area is 68.9 Å². The van der Waals surface area contributed by atoms with Gasteiger partial charge in [0.2, 0.25) is 0 Å². The lowest BCUT2D eigenvalue weighted by Gasteiger charge is -2.12. The monoisotopic (exact) mass is 177 g/mol. The Bertz CT molecular complexity index is 181. The Hall–Kier alpha value is -1.14. The Morgan fingerprint density at radius 1 is 1.58 bits per heavy atom. The number of esters is 1. The molecule has 4 N–H and O–H groups in total. The van der Waals surface area contributed by atoms with E-state index in [1.165, 1.54) is 0 Å². The number of aliphatic hydroxyl groups is 1. The molecular formula is C6H11NO5. The smallest absolute Gasteiger partial charge is 0.334 e. The lowest BCUT2D eigenvalue weighted by Crippen LogP contribution is -2.47. The number of carbonyl (C=O) groups excluding carboxylic acids is 1. The van der Waals surface area contributed by atoms with Gasteiger partial charge in [-0.2, -0.15) is 0 Å². The topological polar surface area (TPSA) is 110 Å². The number of aliphatic hydroxyl groups excluding tert-OH is 1. The highest BCUT2D eigenvalue weighted by Gasteiger charge is 2.29. The van der Waals surface area contributed by atoms with Crippen molar-refractivity contribution in [1.29, 1.82) is 0 Å². The van der Waals surface area contributed by atoms with E-state index in [9.17, 15) is 9.59 Å². The van der Waals surface area contributed by atoms with Crippen LogP contribution in [-0.4, -0.2) is 40.9 Å². The summed E-state index contributed by atoms with van der Waals surface area (Å²) in [6.07, 6.45) is -1.91. The summed E-state index contributed by atoms with van der Waals surface area (Å²) in [4.78, 5) is 20.8. The molecule has 2 unspecified atom stereocenters. The van der Waals surface area contributed by atoms with Crippen LogP contribution < -0.4 is 5.73 Å². The summed E-state index contributed by atoms with van der Waals surface area (Å²) in [6.45, 7) is 1.65. The molecule has 0 amide bonds. The second-order valence-electron chi connectivity index (χ2n) is 2.06. The zero-order chi connectivity index (χ0) is 9.72. The maximum absolute atomic E-state index is 10.7. The third-order valence-corrected chi connectivity index (χ3v) is 1.15. The number of rotatable bonds is 4. The molecule has 0 rings (SSSR count). The van der Waals surface area contributed by atoms with Crippen LogP contribution in [0.4, 0.5) is 0 Å². The molecule has 0 radical (unpaired) electrons. The zero-order valence-corrected chi connectivity index (χ0v) is 6.56. The van der Waals surface area contributed by atoms with Crippen LogP contribution in [0.15, 0.2) is 0 Å². The molecule has 0 bridgehead atoms. The van der Waals surface area contributed by atoms with Crippen molar-refractivity contribution < 1.29 is 24.5 Å². The van der Waals surface area contributed by atoms with Crippen molar-refractivity contribution in [2.45, 2.75) is 19.1 Å². The second-order valence-corrected chi connectivity index (χ2v) is 2.06. The molecule has 0 heterocycles. The van der Waals surface area contributed by atoms with E-state index in [2.05, 4.69) is 4.74 Å². The Balaban J connectivity index is 4.09. The van der Waals surface area contributed by atoms with Gasteiger partial charge in [0.25, 0.3) is 0 Å². The van der Waals surface area contributed by atoms with Crippen molar-refractivity contribution in [3.63, 3.8) is 0 Å². The standard InChI is InChI=1S/C6H11NO5/c1-2-12-6(11)3(7)4(8)5(9)10/h3-4,8H,2,7H2,1H3,(H,9,10). The number of nitrogens with two attached hydrogens (primary N) is 1. The van der Waals surface area contributed by atoms with Gasteiger partial charge in [-0.05, 0) is 6.92 Å². The quantitative estimate of drug-likeness (QED) is 0.442. The molecule has 0 saturated carbocycles. The van der Waals surface area contributed by atoms with E-state index in [0.29, 0.717) is 0 Å². The highest BCUT2D eigenvalue weighted by Crippen LogP contribution is 1.93. The lowest BCUT2D eigenvalue weighted by atomic mass is 10.2. The van der Waals surface area contributed by atoms with Gasteiger partial charge in [0.15, 0.2) is 6.10 Å². The third kappa shape index (κ3) is 2.85. The van der Waals surface area contributed by atoms with Crippen LogP contribution in [-0.2, 0) is 14.3 Å². The summed E-state index contributed by atoms with van der Waals surface area (Å²) < 4.78 is 4.39. The van der Waals surface area contributed by atoms with Gasteiger partial charge in [0, 0.05) is 0 Å². The number of aliphatic carboxylic acids is 1. The van der Waals surface area contributed by atoms with Crippen molar-refractivity contribution in [2.75, 3.05) is 6.61 Å². The summed E-state index contributed by atoms with van der Waals surface area (Å²) in [5.74, 6) is -2.47. The molecule has 6 heteroatoms. The van der Waals surface area contributed by atoms with E-state index in [1.807, 2.05) is 0 Å². The minimum absolute atomic E-state index is 0.0961. The maximum Gasteiger partial charge on any atom is 0.334 e. The highest BCUT2D eigenvalue weighted by atomic mass is 16.5. The number of carbonyl (C=O) groups is 2. The van der Waals surface area contributed by atoms with Crippen molar-refractivity contribution in [2.24, 2.45) is 5.73 Å². The van der Waals surface area contributed by atoms with Crippen LogP contribution in [0.1, 0.15) is 6.92 Å². The van der Waals surface area contributed by atoms with Gasteiger partial charge in [-0.3, -0.25) is 4.79 Å². The molecule has 12 heavy (non-hydrogen) atoms. The number of ether oxygens (including phenoxy) is 1. The SMILES string of the molecule is CCOC(=O)C(N)C(O)C(=O)O. The molecule has 0 aromatic carbocycles. The van der Waals surface area contributed by atoms with Gasteiger partial charge < -0.3 is 20.7 Å². The summed E-state index contributed by atoms with van der Waals surface area (Å²) >= 11 is 0. The predicted molar refractivity (Wildman–Crippen MR) is 38.3 cm³/mol. The highest BCUT2D eigenvalue weighted by molar-refractivity contribution is 5.85. The number of hydrogen-bond donors (Lipinski definition) is 3. The Morgan fingerprint density at radius 2 is 2.08 bits per heavy atom. The number of carboxylic acid groups (broad SMARTS) is 1. The molecule has 0 aliphatic carbocycles. The van der Waals surface area contributed by atoms with E-state index in [4.69, 9.17) is 15.9 Å². The maximum atomic E-state index is 10.7. The second kappa shape index (κ2) is 4.68. The zero-order valence-electron chi connectivity index (χ0n) is 6.56. The van der Waals surface area contributed by atoms with E-state index < -0.39 is 24.1 Å². The van der Waals surface area contributed by atoms with Crippen LogP contribution in [0.5, 0.6) is 0 Å². The molecule has 0 spiro atoms. The van der Waals surface area contributed by atoms with Crippen molar-refractivity contribution in [1.82, 2.24) is 0 Å². The molecule has 0 fully saturated rings. The molecule has 0 aromatic heterocycles. The van der Waals surface area contributed by atoms with Crippen LogP contribution >= 0.6 is 0 Å². The van der Waals surface area contributed by atoms with E-state index in [1.54, 1.807) is 6.92 Å². The first-order chi connectivity index (χ1) is 5.50. The van der Waals surface area contributed by atoms with Gasteiger partial charge in [-0.25, -0.2) is 4.79 Å². The Kier molecular flexibility index (Phi) is 4.24. The molecular weight excluding hydrogens is 166 g/mol. The van der Waals surface area contributed by atoms with Crippen LogP contribution in [0, 0.1) is 0 Å². The fraction of sp³-hybridized carbons (Fsp3) is 0.667. The number of carboxylic acids is 1. The molecule has 70 valence electrons. The van der Waals surface area contributed by atoms with Crippen LogP contribution in [0.3, 0.4) is 0 Å². The first-order valence-corrected chi connectivity index (χ1v) is 3.33. The fourth-order valence-corrected chi connectivity index (χ4v) is 0.521. The normalized spacial score (nSPS) is 14.9. The minimum atomic E-state index is -1.91. The largest absolute Gasteiger partial charge is 0.479 e. The van der Waals surface area contributed by atoms with E-state index >= 15 is 0 Å². The van der Waals surface area contributed by atoms with Gasteiger partial charge in [0.1, 0.15) is 6.04 Å². The van der Waals surface area contributed by atoms with E-state index in [0.717, 1.165) is 0 Å². The fourth-order valence-electron chi connectivity index (χ4n) is 0.521. The molecule has 0 aliphatic rings. The molecule has 0 saturated heterocycles. The minimum Gasteiger partial charge on any atom is -0.479 e. The third-order valence-electron chi connectivity index (χ3n) is 1.15. The average molecular weight is 177 g/mol. The van der Waals surface area contributed by atoms with Gasteiger partial charge in [0.05, 0.1) is 6.61 Å². The van der Waals surface area contributed by atoms with Crippen molar-refractivity contribution >= 4 is 11.9 Å². The molecule has 6 nitrogen and oxygen atoms in total. The summed E-state index contributed by atoms with van der Waals surface area (Å²) in [6, 6.07) is -1.53. The average Bonchev–Trinajstić information content (AvgIpc) is 2.02. The van der Waals surface area contributed by atoms with Crippen LogP contribution in [0.25, 0.3) is 0 Å². The summed E-state index contributed by atoms with van der Waals surface area (Å²) in [5, 5.41) is 17.0. The molecule has 0 aliphatic heterocycles. The summed E-state index contributed by atoms with van der Waals surface area (Å²) in [7, 11) is 0. The van der Waals surface area contributed by atoms with Gasteiger partial charge >= 0.3 is 11.9 Å². The van der Waals surface area contributed by atoms with E-state index in [-0.39, 0.29) is 6.61 Å². The molecule has 0 aromatic rings. The van der Waals surface area contributed by atoms with Crippen LogP contribution in [0.2, 0.25) is 0 Å². The Morgan fingerprint density at radius 3 is 2.42 bits per heavy atom. The lowest BCUT2D eigenvalue weighted by molar-refractivity contribution is -0.157. The predicted octanol–water partition coefficient (Wildman–Crippen LogP) is -1.68. The molecule has 2 atom stereocenters. The van der Waals surface area contributed by atoms with Crippen molar-refractivity contribution in [3.05, 3.63) is 0 Å². The first kappa shape index (κ1) is 10.9. The summed E-state index contributed by atoms with van der Waals surface area (Å²) in [5.41, 5.74) is 5.04. The van der Waals surface area contributed by atoms with Gasteiger partial charge in [-0.1, -0.05) is 0 Å². The number of hydrogen-bond acceptors (Lipinski definition) is 5. The van der Waals surface area contributed by atoms with Crippen molar-refractivity contribution in [3.8, 4) is 0 Å².